The average Bonchev–Trinajstić information content (AvgIpc) is 2.98. The summed E-state index contributed by atoms with van der Waals surface area (Å²) < 4.78 is 7.59. The van der Waals surface area contributed by atoms with Crippen molar-refractivity contribution in [2.45, 2.75) is 20.5 Å². The first kappa shape index (κ1) is 15.0. The molecule has 0 unspecified atom stereocenters. The molecule has 1 aromatic heterocycles. The first-order valence-corrected chi connectivity index (χ1v) is 7.35. The van der Waals surface area contributed by atoms with Crippen LogP contribution in [0.15, 0.2) is 48.5 Å². The lowest BCUT2D eigenvalue weighted by Crippen LogP contribution is -2.08. The number of hydrogen-bond acceptors (Lipinski definition) is 4. The lowest BCUT2D eigenvalue weighted by atomic mass is 10.1. The smallest absolute Gasteiger partial charge is 0.172 e. The lowest BCUT2D eigenvalue weighted by Gasteiger charge is -2.13. The van der Waals surface area contributed by atoms with E-state index >= 15 is 0 Å². The van der Waals surface area contributed by atoms with Crippen LogP contribution in [0.1, 0.15) is 27.3 Å². The van der Waals surface area contributed by atoms with E-state index in [-0.39, 0.29) is 6.61 Å². The molecule has 0 aliphatic heterocycles. The van der Waals surface area contributed by atoms with Gasteiger partial charge in [-0.15, -0.1) is 5.10 Å². The number of carbonyl (C=O) groups is 1. The van der Waals surface area contributed by atoms with Gasteiger partial charge in [-0.1, -0.05) is 41.6 Å². The van der Waals surface area contributed by atoms with Gasteiger partial charge in [0, 0.05) is 0 Å². The van der Waals surface area contributed by atoms with E-state index in [9.17, 15) is 4.79 Å². The highest BCUT2D eigenvalue weighted by Gasteiger charge is 2.15. The molecule has 0 saturated carbocycles. The summed E-state index contributed by atoms with van der Waals surface area (Å²) in [6, 6.07) is 15.5. The van der Waals surface area contributed by atoms with Crippen LogP contribution in [-0.2, 0) is 6.61 Å². The van der Waals surface area contributed by atoms with Gasteiger partial charge in [-0.25, -0.2) is 4.68 Å². The van der Waals surface area contributed by atoms with Crippen LogP contribution in [0.2, 0.25) is 0 Å². The highest BCUT2D eigenvalue weighted by molar-refractivity contribution is 5.73. The monoisotopic (exact) mass is 307 g/mol. The summed E-state index contributed by atoms with van der Waals surface area (Å²) in [6.07, 6.45) is 0.704. The van der Waals surface area contributed by atoms with Crippen LogP contribution in [0, 0.1) is 13.8 Å². The molecule has 3 rings (SSSR count). The van der Waals surface area contributed by atoms with Gasteiger partial charge in [0.15, 0.2) is 12.0 Å². The Balaban J connectivity index is 1.94. The number of hydrogen-bond donors (Lipinski definition) is 0. The molecule has 0 aliphatic rings. The SMILES string of the molecule is Cc1cccc(C)c1OCc1c(C=O)nnn1-c1ccccc1. The second-order valence-corrected chi connectivity index (χ2v) is 5.30. The van der Waals surface area contributed by atoms with Crippen molar-refractivity contribution in [3.8, 4) is 11.4 Å². The van der Waals surface area contributed by atoms with Gasteiger partial charge in [-0.05, 0) is 37.1 Å². The van der Waals surface area contributed by atoms with E-state index in [4.69, 9.17) is 4.74 Å². The number of rotatable bonds is 5. The minimum Gasteiger partial charge on any atom is -0.487 e. The van der Waals surface area contributed by atoms with Crippen molar-refractivity contribution in [2.24, 2.45) is 0 Å². The van der Waals surface area contributed by atoms with Crippen LogP contribution in [0.3, 0.4) is 0 Å². The summed E-state index contributed by atoms with van der Waals surface area (Å²) in [5.74, 6) is 0.824. The van der Waals surface area contributed by atoms with E-state index in [1.165, 1.54) is 0 Å². The van der Waals surface area contributed by atoms with Crippen LogP contribution < -0.4 is 4.74 Å². The molecule has 0 atom stereocenters. The molecule has 0 radical (unpaired) electrons. The minimum absolute atomic E-state index is 0.224. The molecular weight excluding hydrogens is 290 g/mol. The topological polar surface area (TPSA) is 57.0 Å². The summed E-state index contributed by atoms with van der Waals surface area (Å²) >= 11 is 0. The number of ether oxygens (including phenoxy) is 1. The molecule has 0 aliphatic carbocycles. The Hall–Kier alpha value is -2.95. The summed E-state index contributed by atoms with van der Waals surface area (Å²) in [5.41, 5.74) is 3.87. The van der Waals surface area contributed by atoms with Crippen molar-refractivity contribution < 1.29 is 9.53 Å². The molecule has 0 spiro atoms. The van der Waals surface area contributed by atoms with E-state index in [1.807, 2.05) is 62.4 Å². The summed E-state index contributed by atoms with van der Waals surface area (Å²) in [4.78, 5) is 11.2. The lowest BCUT2D eigenvalue weighted by molar-refractivity contribution is 0.111. The number of aromatic nitrogens is 3. The highest BCUT2D eigenvalue weighted by atomic mass is 16.5. The minimum atomic E-state index is 0.224. The Bertz CT molecular complexity index is 805. The zero-order valence-corrected chi connectivity index (χ0v) is 13.1. The second kappa shape index (κ2) is 6.44. The number of nitrogens with zero attached hydrogens (tertiary/aromatic N) is 3. The Labute approximate surface area is 134 Å². The summed E-state index contributed by atoms with van der Waals surface area (Å²) in [6.45, 7) is 4.22. The molecule has 0 N–H and O–H groups in total. The molecule has 5 nitrogen and oxygen atoms in total. The van der Waals surface area contributed by atoms with Gasteiger partial charge in [-0.2, -0.15) is 0 Å². The van der Waals surface area contributed by atoms with Crippen LogP contribution in [0.4, 0.5) is 0 Å². The molecular formula is C18H17N3O2. The van der Waals surface area contributed by atoms with Gasteiger partial charge in [-0.3, -0.25) is 4.79 Å². The second-order valence-electron chi connectivity index (χ2n) is 5.30. The number of aldehydes is 1. The van der Waals surface area contributed by atoms with Crippen LogP contribution in [0.25, 0.3) is 5.69 Å². The predicted molar refractivity (Wildman–Crippen MR) is 87.0 cm³/mol. The fraction of sp³-hybridized carbons (Fsp3) is 0.167. The quantitative estimate of drug-likeness (QED) is 0.679. The van der Waals surface area contributed by atoms with Gasteiger partial charge in [0.05, 0.1) is 5.69 Å². The number of aryl methyl sites for hydroxylation is 2. The Morgan fingerprint density at radius 2 is 1.74 bits per heavy atom. The molecule has 1 heterocycles. The Kier molecular flexibility index (Phi) is 4.19. The third-order valence-electron chi connectivity index (χ3n) is 3.67. The normalized spacial score (nSPS) is 10.5. The van der Waals surface area contributed by atoms with Gasteiger partial charge in [0.25, 0.3) is 0 Å². The summed E-state index contributed by atoms with van der Waals surface area (Å²) in [5, 5.41) is 8.00. The zero-order chi connectivity index (χ0) is 16.2. The predicted octanol–water partition coefficient (Wildman–Crippen LogP) is 3.28. The van der Waals surface area contributed by atoms with Crippen molar-refractivity contribution in [1.82, 2.24) is 15.0 Å². The van der Waals surface area contributed by atoms with Crippen LogP contribution in [-0.4, -0.2) is 21.3 Å². The van der Waals surface area contributed by atoms with Crippen molar-refractivity contribution in [1.29, 1.82) is 0 Å². The van der Waals surface area contributed by atoms with Gasteiger partial charge in [0.2, 0.25) is 0 Å². The molecule has 23 heavy (non-hydrogen) atoms. The first-order valence-electron chi connectivity index (χ1n) is 7.35. The van der Waals surface area contributed by atoms with Gasteiger partial charge in [0.1, 0.15) is 18.1 Å². The molecule has 116 valence electrons. The first-order chi connectivity index (χ1) is 11.2. The van der Waals surface area contributed by atoms with Crippen molar-refractivity contribution >= 4 is 6.29 Å². The average molecular weight is 307 g/mol. The maximum absolute atomic E-state index is 11.2. The fourth-order valence-electron chi connectivity index (χ4n) is 2.48. The van der Waals surface area contributed by atoms with Crippen molar-refractivity contribution in [3.05, 3.63) is 71.0 Å². The van der Waals surface area contributed by atoms with Gasteiger partial charge >= 0.3 is 0 Å². The Morgan fingerprint density at radius 1 is 1.04 bits per heavy atom. The standard InChI is InChI=1S/C18H17N3O2/c1-13-7-6-8-14(2)18(13)23-12-17-16(11-22)19-20-21(17)15-9-4-3-5-10-15/h3-11H,12H2,1-2H3. The maximum Gasteiger partial charge on any atom is 0.172 e. The van der Waals surface area contributed by atoms with E-state index in [1.54, 1.807) is 4.68 Å². The highest BCUT2D eigenvalue weighted by Crippen LogP contribution is 2.24. The van der Waals surface area contributed by atoms with Crippen LogP contribution in [0.5, 0.6) is 5.75 Å². The molecule has 0 saturated heterocycles. The third kappa shape index (κ3) is 2.99. The summed E-state index contributed by atoms with van der Waals surface area (Å²) in [7, 11) is 0. The maximum atomic E-state index is 11.2. The fourth-order valence-corrected chi connectivity index (χ4v) is 2.48. The molecule has 3 aromatic rings. The van der Waals surface area contributed by atoms with E-state index in [2.05, 4.69) is 10.3 Å². The van der Waals surface area contributed by atoms with Crippen molar-refractivity contribution in [2.75, 3.05) is 0 Å². The van der Waals surface area contributed by atoms with E-state index in [0.717, 1.165) is 22.6 Å². The molecule has 0 bridgehead atoms. The number of para-hydroxylation sites is 2. The van der Waals surface area contributed by atoms with Crippen molar-refractivity contribution in [3.63, 3.8) is 0 Å². The zero-order valence-electron chi connectivity index (χ0n) is 13.1. The van der Waals surface area contributed by atoms with Crippen LogP contribution >= 0.6 is 0 Å². The van der Waals surface area contributed by atoms with Gasteiger partial charge < -0.3 is 4.74 Å². The third-order valence-corrected chi connectivity index (χ3v) is 3.67. The van der Waals surface area contributed by atoms with E-state index in [0.29, 0.717) is 17.7 Å². The largest absolute Gasteiger partial charge is 0.487 e. The molecule has 2 aromatic carbocycles. The molecule has 5 heteroatoms. The molecule has 0 amide bonds. The molecule has 0 fully saturated rings. The number of carbonyl (C=O) groups excluding carboxylic acids is 1. The Morgan fingerprint density at radius 3 is 2.39 bits per heavy atom. The number of benzene rings is 2. The van der Waals surface area contributed by atoms with E-state index < -0.39 is 0 Å².